The summed E-state index contributed by atoms with van der Waals surface area (Å²) in [5.41, 5.74) is 2.43. The molecule has 0 saturated carbocycles. The van der Waals surface area contributed by atoms with E-state index >= 15 is 0 Å². The molecule has 1 saturated heterocycles. The third-order valence-electron chi connectivity index (χ3n) is 6.73. The van der Waals surface area contributed by atoms with Crippen molar-refractivity contribution in [2.45, 2.75) is 38.8 Å². The summed E-state index contributed by atoms with van der Waals surface area (Å²) in [4.78, 5) is 18.7. The highest BCUT2D eigenvalue weighted by Gasteiger charge is 2.36. The third kappa shape index (κ3) is 4.33. The van der Waals surface area contributed by atoms with Crippen LogP contribution >= 0.6 is 0 Å². The zero-order chi connectivity index (χ0) is 24.9. The fourth-order valence-corrected chi connectivity index (χ4v) is 4.65. The number of carbonyl (C=O) groups excluding carboxylic acids is 1. The smallest absolute Gasteiger partial charge is 0.433 e. The molecule has 35 heavy (non-hydrogen) atoms. The van der Waals surface area contributed by atoms with Crippen LogP contribution in [-0.4, -0.2) is 49.7 Å². The Morgan fingerprint density at radius 1 is 1.20 bits per heavy atom. The summed E-state index contributed by atoms with van der Waals surface area (Å²) >= 11 is 0. The lowest BCUT2D eigenvalue weighted by Gasteiger charge is -2.16. The number of carbonyl (C=O) groups is 1. The van der Waals surface area contributed by atoms with Gasteiger partial charge in [-0.2, -0.15) is 18.3 Å². The Hall–Kier alpha value is -3.56. The van der Waals surface area contributed by atoms with Crippen LogP contribution in [0.15, 0.2) is 36.4 Å². The molecule has 3 aromatic heterocycles. The average molecular weight is 486 g/mol. The Kier molecular flexibility index (Phi) is 5.69. The summed E-state index contributed by atoms with van der Waals surface area (Å²) in [5, 5.41) is 5.27. The quantitative estimate of drug-likeness (QED) is 0.418. The van der Waals surface area contributed by atoms with Crippen LogP contribution in [0.1, 0.15) is 42.0 Å². The predicted molar refractivity (Wildman–Crippen MR) is 124 cm³/mol. The van der Waals surface area contributed by atoms with Gasteiger partial charge in [0.15, 0.2) is 12.3 Å². The highest BCUT2D eigenvalue weighted by Crippen LogP contribution is 2.32. The number of likely N-dealkylation sites (tertiary alicyclic amines) is 1. The van der Waals surface area contributed by atoms with Gasteiger partial charge in [-0.05, 0) is 50.1 Å². The molecule has 184 valence electrons. The van der Waals surface area contributed by atoms with Crippen molar-refractivity contribution in [3.63, 3.8) is 0 Å². The van der Waals surface area contributed by atoms with Gasteiger partial charge in [-0.3, -0.25) is 4.79 Å². The Morgan fingerprint density at radius 2 is 2.00 bits per heavy atom. The van der Waals surface area contributed by atoms with Gasteiger partial charge in [0.25, 0.3) is 5.91 Å². The molecule has 1 fully saturated rings. The molecule has 0 spiro atoms. The van der Waals surface area contributed by atoms with Gasteiger partial charge in [0, 0.05) is 54.4 Å². The maximum Gasteiger partial charge on any atom is 0.433 e. The number of hydrogen-bond donors (Lipinski definition) is 0. The molecule has 10 heteroatoms. The number of halogens is 3. The van der Waals surface area contributed by atoms with Gasteiger partial charge < -0.3 is 14.2 Å². The van der Waals surface area contributed by atoms with Gasteiger partial charge >= 0.3 is 6.18 Å². The number of aromatic nitrogens is 4. The molecule has 0 aliphatic carbocycles. The topological polar surface area (TPSA) is 64.7 Å². The van der Waals surface area contributed by atoms with Gasteiger partial charge in [0.2, 0.25) is 0 Å². The summed E-state index contributed by atoms with van der Waals surface area (Å²) in [6.45, 7) is 4.56. The predicted octanol–water partition coefficient (Wildman–Crippen LogP) is 4.51. The fourth-order valence-electron chi connectivity index (χ4n) is 4.65. The van der Waals surface area contributed by atoms with Gasteiger partial charge in [0.1, 0.15) is 11.4 Å². The molecular formula is C25H26F3N5O2. The molecule has 1 aliphatic heterocycles. The molecule has 5 rings (SSSR count). The number of ether oxygens (including phenoxy) is 1. The van der Waals surface area contributed by atoms with Crippen LogP contribution in [0.2, 0.25) is 0 Å². The van der Waals surface area contributed by atoms with E-state index in [1.165, 1.54) is 0 Å². The van der Waals surface area contributed by atoms with Crippen molar-refractivity contribution < 1.29 is 22.7 Å². The van der Waals surface area contributed by atoms with Crippen LogP contribution in [0.4, 0.5) is 13.2 Å². The lowest BCUT2D eigenvalue weighted by atomic mass is 10.1. The molecular weight excluding hydrogens is 459 g/mol. The number of benzene rings is 1. The monoisotopic (exact) mass is 485 g/mol. The van der Waals surface area contributed by atoms with Crippen molar-refractivity contribution in [1.29, 1.82) is 0 Å². The third-order valence-corrected chi connectivity index (χ3v) is 6.73. The molecule has 7 nitrogen and oxygen atoms in total. The Balaban J connectivity index is 1.27. The summed E-state index contributed by atoms with van der Waals surface area (Å²) < 4.78 is 49.4. The van der Waals surface area contributed by atoms with Crippen molar-refractivity contribution in [2.24, 2.45) is 7.05 Å². The zero-order valence-corrected chi connectivity index (χ0v) is 19.8. The van der Waals surface area contributed by atoms with E-state index in [9.17, 15) is 18.0 Å². The number of amides is 1. The molecule has 1 amide bonds. The fraction of sp³-hybridized carbons (Fsp3) is 0.400. The van der Waals surface area contributed by atoms with Crippen LogP contribution in [0.25, 0.3) is 16.6 Å². The second-order valence-electron chi connectivity index (χ2n) is 9.00. The van der Waals surface area contributed by atoms with Gasteiger partial charge in [-0.15, -0.1) is 0 Å². The van der Waals surface area contributed by atoms with Crippen LogP contribution in [-0.2, 0) is 24.4 Å². The van der Waals surface area contributed by atoms with Gasteiger partial charge in [-0.25, -0.2) is 9.50 Å². The average Bonchev–Trinajstić information content (AvgIpc) is 3.53. The second-order valence-corrected chi connectivity index (χ2v) is 9.00. The van der Waals surface area contributed by atoms with Crippen LogP contribution in [0.3, 0.4) is 0 Å². The summed E-state index contributed by atoms with van der Waals surface area (Å²) in [5.74, 6) is 0.295. The maximum atomic E-state index is 13.6. The minimum Gasteiger partial charge on any atom is -0.484 e. The van der Waals surface area contributed by atoms with Crippen LogP contribution < -0.4 is 4.74 Å². The van der Waals surface area contributed by atoms with Crippen molar-refractivity contribution in [3.8, 4) is 5.75 Å². The van der Waals surface area contributed by atoms with E-state index in [1.807, 2.05) is 32.2 Å². The first-order valence-electron chi connectivity index (χ1n) is 11.6. The molecule has 0 bridgehead atoms. The number of rotatable bonds is 5. The first kappa shape index (κ1) is 23.2. The molecule has 1 unspecified atom stereocenters. The maximum absolute atomic E-state index is 13.6. The SMILES string of the molecule is CCc1cc(C(F)(F)F)n2nc(C3CCN(C(=O)COc4ccc5c(c4)cc(C)n5C)C3)cc2n1. The molecule has 1 aromatic carbocycles. The first-order valence-corrected chi connectivity index (χ1v) is 11.6. The lowest BCUT2D eigenvalue weighted by Crippen LogP contribution is -2.32. The second kappa shape index (κ2) is 8.58. The van der Waals surface area contributed by atoms with E-state index in [-0.39, 0.29) is 24.1 Å². The summed E-state index contributed by atoms with van der Waals surface area (Å²) in [7, 11) is 2.00. The molecule has 4 aromatic rings. The Morgan fingerprint density at radius 3 is 2.74 bits per heavy atom. The molecule has 1 atom stereocenters. The standard InChI is InChI=1S/C25H26F3N5O2/c1-4-18-11-22(25(26,27)28)33-23(29-18)12-20(30-33)16-7-8-32(13-16)24(34)14-35-19-5-6-21-17(10-19)9-15(2)31(21)3/h5-6,9-12,16H,4,7-8,13-14H2,1-3H3. The van der Waals surface area contributed by atoms with E-state index in [0.717, 1.165) is 27.2 Å². The first-order chi connectivity index (χ1) is 16.6. The number of aryl methyl sites for hydroxylation is 3. The Labute approximate surface area is 200 Å². The summed E-state index contributed by atoms with van der Waals surface area (Å²) in [6, 6.07) is 10.4. The highest BCUT2D eigenvalue weighted by atomic mass is 19.4. The number of nitrogens with zero attached hydrogens (tertiary/aromatic N) is 5. The minimum atomic E-state index is -4.54. The number of hydrogen-bond acceptors (Lipinski definition) is 4. The molecule has 0 N–H and O–H groups in total. The molecule has 1 aliphatic rings. The van der Waals surface area contributed by atoms with E-state index < -0.39 is 11.9 Å². The van der Waals surface area contributed by atoms with E-state index in [0.29, 0.717) is 43.1 Å². The van der Waals surface area contributed by atoms with Gasteiger partial charge in [-0.1, -0.05) is 6.92 Å². The van der Waals surface area contributed by atoms with Crippen molar-refractivity contribution in [1.82, 2.24) is 24.1 Å². The van der Waals surface area contributed by atoms with Gasteiger partial charge in [0.05, 0.1) is 5.69 Å². The zero-order valence-electron chi connectivity index (χ0n) is 19.8. The molecule has 0 radical (unpaired) electrons. The lowest BCUT2D eigenvalue weighted by molar-refractivity contribution is -0.142. The van der Waals surface area contributed by atoms with E-state index in [1.54, 1.807) is 17.9 Å². The van der Waals surface area contributed by atoms with Crippen LogP contribution in [0, 0.1) is 6.92 Å². The van der Waals surface area contributed by atoms with Crippen molar-refractivity contribution >= 4 is 22.5 Å². The summed E-state index contributed by atoms with van der Waals surface area (Å²) in [6.07, 6.45) is -3.53. The number of fused-ring (bicyclic) bond motifs is 2. The minimum absolute atomic E-state index is 0.102. The number of alkyl halides is 3. The normalized spacial score (nSPS) is 16.5. The Bertz CT molecular complexity index is 1420. The van der Waals surface area contributed by atoms with Crippen molar-refractivity contribution in [2.75, 3.05) is 19.7 Å². The van der Waals surface area contributed by atoms with E-state index in [4.69, 9.17) is 4.74 Å². The largest absolute Gasteiger partial charge is 0.484 e. The van der Waals surface area contributed by atoms with Crippen molar-refractivity contribution in [3.05, 3.63) is 59.2 Å². The highest BCUT2D eigenvalue weighted by molar-refractivity contribution is 5.83. The van der Waals surface area contributed by atoms with Crippen LogP contribution in [0.5, 0.6) is 5.75 Å². The molecule has 4 heterocycles. The van der Waals surface area contributed by atoms with E-state index in [2.05, 4.69) is 20.7 Å².